The van der Waals surface area contributed by atoms with Gasteiger partial charge in [-0.25, -0.2) is 0 Å². The van der Waals surface area contributed by atoms with Crippen LogP contribution in [0.15, 0.2) is 30.6 Å². The second kappa shape index (κ2) is 3.17. The molecular formula is C9H11N3. The van der Waals surface area contributed by atoms with Crippen molar-refractivity contribution in [2.24, 2.45) is 0 Å². The predicted octanol–water partition coefficient (Wildman–Crippen LogP) is 1.85. The minimum Gasteiger partial charge on any atom is -0.399 e. The van der Waals surface area contributed by atoms with Crippen LogP contribution in [0.1, 0.15) is 7.43 Å². The van der Waals surface area contributed by atoms with Crippen LogP contribution in [0.3, 0.4) is 0 Å². The van der Waals surface area contributed by atoms with Crippen molar-refractivity contribution in [2.75, 3.05) is 5.73 Å². The van der Waals surface area contributed by atoms with Crippen molar-refractivity contribution >= 4 is 16.7 Å². The van der Waals surface area contributed by atoms with Crippen molar-refractivity contribution in [3.05, 3.63) is 30.6 Å². The Balaban J connectivity index is 0.000000720. The maximum Gasteiger partial charge on any atom is 0.0907 e. The van der Waals surface area contributed by atoms with Crippen molar-refractivity contribution in [3.63, 3.8) is 0 Å². The van der Waals surface area contributed by atoms with Crippen LogP contribution in [-0.4, -0.2) is 9.97 Å². The van der Waals surface area contributed by atoms with E-state index in [1.165, 1.54) is 0 Å². The zero-order valence-electron chi connectivity index (χ0n) is 5.86. The normalized spacial score (nSPS) is 9.33. The molecule has 0 fully saturated rings. The van der Waals surface area contributed by atoms with Gasteiger partial charge in [-0.3, -0.25) is 9.97 Å². The Bertz CT molecular complexity index is 384. The maximum absolute atomic E-state index is 5.56. The van der Waals surface area contributed by atoms with E-state index in [0.717, 1.165) is 16.7 Å². The third kappa shape index (κ3) is 1.34. The molecule has 0 aliphatic carbocycles. The quantitative estimate of drug-likeness (QED) is 0.600. The molecule has 0 bridgehead atoms. The first-order valence-electron chi connectivity index (χ1n) is 3.32. The lowest BCUT2D eigenvalue weighted by atomic mass is 10.3. The molecule has 0 unspecified atom stereocenters. The monoisotopic (exact) mass is 161 g/mol. The summed E-state index contributed by atoms with van der Waals surface area (Å²) in [4.78, 5) is 8.20. The van der Waals surface area contributed by atoms with Gasteiger partial charge < -0.3 is 5.73 Å². The van der Waals surface area contributed by atoms with Gasteiger partial charge in [0.15, 0.2) is 0 Å². The molecule has 0 amide bonds. The molecule has 3 nitrogen and oxygen atoms in total. The number of nitrogen functional groups attached to an aromatic ring is 1. The summed E-state index contributed by atoms with van der Waals surface area (Å²) >= 11 is 0. The molecule has 0 aliphatic rings. The lowest BCUT2D eigenvalue weighted by molar-refractivity contribution is 1.29. The van der Waals surface area contributed by atoms with Crippen LogP contribution in [0.5, 0.6) is 0 Å². The van der Waals surface area contributed by atoms with Crippen LogP contribution in [0.25, 0.3) is 11.0 Å². The van der Waals surface area contributed by atoms with E-state index in [1.54, 1.807) is 12.4 Å². The molecule has 0 aliphatic heterocycles. The van der Waals surface area contributed by atoms with Crippen LogP contribution in [0.2, 0.25) is 0 Å². The lowest BCUT2D eigenvalue weighted by Gasteiger charge is -1.95. The Morgan fingerprint density at radius 3 is 2.42 bits per heavy atom. The van der Waals surface area contributed by atoms with E-state index < -0.39 is 0 Å². The van der Waals surface area contributed by atoms with Gasteiger partial charge in [0.1, 0.15) is 0 Å². The van der Waals surface area contributed by atoms with Gasteiger partial charge in [0.2, 0.25) is 0 Å². The summed E-state index contributed by atoms with van der Waals surface area (Å²) in [6.45, 7) is 0. The number of hydrogen-bond acceptors (Lipinski definition) is 3. The average molecular weight is 161 g/mol. The fraction of sp³-hybridized carbons (Fsp3) is 0.111. The van der Waals surface area contributed by atoms with Crippen LogP contribution < -0.4 is 5.73 Å². The Kier molecular flexibility index (Phi) is 2.24. The van der Waals surface area contributed by atoms with Gasteiger partial charge in [-0.2, -0.15) is 0 Å². The van der Waals surface area contributed by atoms with Crippen molar-refractivity contribution < 1.29 is 0 Å². The van der Waals surface area contributed by atoms with E-state index in [-0.39, 0.29) is 7.43 Å². The number of aromatic nitrogens is 2. The number of hydrogen-bond donors (Lipinski definition) is 1. The van der Waals surface area contributed by atoms with Crippen LogP contribution in [0.4, 0.5) is 5.69 Å². The van der Waals surface area contributed by atoms with Gasteiger partial charge >= 0.3 is 0 Å². The molecule has 12 heavy (non-hydrogen) atoms. The van der Waals surface area contributed by atoms with E-state index in [0.29, 0.717) is 0 Å². The van der Waals surface area contributed by atoms with Crippen molar-refractivity contribution in [1.82, 2.24) is 9.97 Å². The minimum atomic E-state index is 0. The molecule has 0 radical (unpaired) electrons. The molecule has 3 heteroatoms. The highest BCUT2D eigenvalue weighted by Gasteiger charge is 1.92. The van der Waals surface area contributed by atoms with Gasteiger partial charge in [0, 0.05) is 18.1 Å². The van der Waals surface area contributed by atoms with Crippen molar-refractivity contribution in [3.8, 4) is 0 Å². The van der Waals surface area contributed by atoms with Gasteiger partial charge in [-0.15, -0.1) is 0 Å². The molecule has 1 heterocycles. The second-order valence-corrected chi connectivity index (χ2v) is 2.30. The van der Waals surface area contributed by atoms with E-state index in [9.17, 15) is 0 Å². The molecule has 2 rings (SSSR count). The molecule has 0 spiro atoms. The number of fused-ring (bicyclic) bond motifs is 1. The Labute approximate surface area is 71.3 Å². The summed E-state index contributed by atoms with van der Waals surface area (Å²) in [6, 6.07) is 5.48. The summed E-state index contributed by atoms with van der Waals surface area (Å²) in [5.74, 6) is 0. The van der Waals surface area contributed by atoms with E-state index >= 15 is 0 Å². The molecular weight excluding hydrogens is 150 g/mol. The SMILES string of the molecule is C.Nc1ccc2nccnc2c1. The number of benzene rings is 1. The summed E-state index contributed by atoms with van der Waals surface area (Å²) in [5, 5.41) is 0. The highest BCUT2D eigenvalue weighted by Crippen LogP contribution is 2.11. The Hall–Kier alpha value is -1.64. The van der Waals surface area contributed by atoms with E-state index in [2.05, 4.69) is 9.97 Å². The maximum atomic E-state index is 5.56. The minimum absolute atomic E-state index is 0. The fourth-order valence-corrected chi connectivity index (χ4v) is 0.980. The Morgan fingerprint density at radius 1 is 1.00 bits per heavy atom. The molecule has 0 atom stereocenters. The fourth-order valence-electron chi connectivity index (χ4n) is 0.980. The zero-order chi connectivity index (χ0) is 7.68. The first-order valence-corrected chi connectivity index (χ1v) is 3.32. The standard InChI is InChI=1S/C8H7N3.CH4/c9-6-1-2-7-8(5-6)11-4-3-10-7;/h1-5H,9H2;1H4. The van der Waals surface area contributed by atoms with Crippen LogP contribution >= 0.6 is 0 Å². The summed E-state index contributed by atoms with van der Waals surface area (Å²) in [6.07, 6.45) is 3.32. The highest BCUT2D eigenvalue weighted by molar-refractivity contribution is 5.77. The van der Waals surface area contributed by atoms with Gasteiger partial charge in [0.25, 0.3) is 0 Å². The zero-order valence-corrected chi connectivity index (χ0v) is 5.86. The average Bonchev–Trinajstić information content (AvgIpc) is 2.04. The largest absolute Gasteiger partial charge is 0.399 e. The highest BCUT2D eigenvalue weighted by atomic mass is 14.8. The summed E-state index contributed by atoms with van der Waals surface area (Å²) in [5.41, 5.74) is 7.99. The second-order valence-electron chi connectivity index (χ2n) is 2.30. The molecule has 2 N–H and O–H groups in total. The smallest absolute Gasteiger partial charge is 0.0907 e. The molecule has 2 aromatic rings. The van der Waals surface area contributed by atoms with Gasteiger partial charge in [0.05, 0.1) is 11.0 Å². The summed E-state index contributed by atoms with van der Waals surface area (Å²) < 4.78 is 0. The van der Waals surface area contributed by atoms with Gasteiger partial charge in [-0.05, 0) is 18.2 Å². The van der Waals surface area contributed by atoms with E-state index in [4.69, 9.17) is 5.73 Å². The number of nitrogens with zero attached hydrogens (tertiary/aromatic N) is 2. The molecule has 0 saturated carbocycles. The number of anilines is 1. The first-order chi connectivity index (χ1) is 5.36. The molecule has 1 aromatic heterocycles. The predicted molar refractivity (Wildman–Crippen MR) is 50.7 cm³/mol. The molecule has 62 valence electrons. The molecule has 1 aromatic carbocycles. The van der Waals surface area contributed by atoms with Crippen molar-refractivity contribution in [2.45, 2.75) is 7.43 Å². The third-order valence-electron chi connectivity index (χ3n) is 1.49. The first kappa shape index (κ1) is 8.46. The molecule has 0 saturated heterocycles. The lowest BCUT2D eigenvalue weighted by Crippen LogP contribution is -1.86. The van der Waals surface area contributed by atoms with Crippen LogP contribution in [0, 0.1) is 0 Å². The van der Waals surface area contributed by atoms with E-state index in [1.807, 2.05) is 18.2 Å². The van der Waals surface area contributed by atoms with Gasteiger partial charge in [-0.1, -0.05) is 7.43 Å². The van der Waals surface area contributed by atoms with Crippen molar-refractivity contribution in [1.29, 1.82) is 0 Å². The topological polar surface area (TPSA) is 51.8 Å². The number of nitrogens with two attached hydrogens (primary N) is 1. The summed E-state index contributed by atoms with van der Waals surface area (Å²) in [7, 11) is 0. The van der Waals surface area contributed by atoms with Crippen LogP contribution in [-0.2, 0) is 0 Å². The number of rotatable bonds is 0. The third-order valence-corrected chi connectivity index (χ3v) is 1.49. The Morgan fingerprint density at radius 2 is 1.67 bits per heavy atom.